The third kappa shape index (κ3) is 2.19. The van der Waals surface area contributed by atoms with E-state index in [-0.39, 0.29) is 6.04 Å². The van der Waals surface area contributed by atoms with E-state index in [4.69, 9.17) is 0 Å². The summed E-state index contributed by atoms with van der Waals surface area (Å²) in [4.78, 5) is 25.1. The molecule has 0 fully saturated rings. The van der Waals surface area contributed by atoms with E-state index < -0.39 is 11.5 Å². The van der Waals surface area contributed by atoms with Gasteiger partial charge in [-0.2, -0.15) is 0 Å². The fourth-order valence-electron chi connectivity index (χ4n) is 3.23. The summed E-state index contributed by atoms with van der Waals surface area (Å²) >= 11 is 0. The van der Waals surface area contributed by atoms with E-state index in [0.717, 1.165) is 30.4 Å². The van der Waals surface area contributed by atoms with Crippen molar-refractivity contribution in [1.29, 1.82) is 0 Å². The highest BCUT2D eigenvalue weighted by atomic mass is 16.4. The fraction of sp³-hybridized carbons (Fsp3) is 0.500. The normalized spacial score (nSPS) is 21.9. The zero-order valence-corrected chi connectivity index (χ0v) is 12.0. The topological polar surface area (TPSA) is 57.6 Å². The Balaban J connectivity index is 2.68. The van der Waals surface area contributed by atoms with Crippen LogP contribution in [-0.2, 0) is 21.5 Å². The molecule has 2 rings (SSSR count). The lowest BCUT2D eigenvalue weighted by Crippen LogP contribution is -2.54. The second-order valence-electron chi connectivity index (χ2n) is 5.64. The molecule has 1 aromatic rings. The first kappa shape index (κ1) is 14.6. The zero-order chi connectivity index (χ0) is 14.8. The molecule has 4 nitrogen and oxygen atoms in total. The SMILES string of the molecule is CC(C)N(C=O)C1(C(=O)O)CCCCc2ccccc21. The molecule has 4 heteroatoms. The molecule has 20 heavy (non-hydrogen) atoms. The Morgan fingerprint density at radius 1 is 1.35 bits per heavy atom. The highest BCUT2D eigenvalue weighted by molar-refractivity contribution is 5.84. The van der Waals surface area contributed by atoms with Crippen molar-refractivity contribution in [2.45, 2.75) is 51.1 Å². The van der Waals surface area contributed by atoms with Crippen LogP contribution in [0.25, 0.3) is 0 Å². The lowest BCUT2D eigenvalue weighted by atomic mass is 9.82. The first-order valence-corrected chi connectivity index (χ1v) is 7.09. The van der Waals surface area contributed by atoms with E-state index in [1.165, 1.54) is 4.90 Å². The maximum Gasteiger partial charge on any atom is 0.334 e. The van der Waals surface area contributed by atoms with Gasteiger partial charge in [0.15, 0.2) is 5.54 Å². The number of nitrogens with zero attached hydrogens (tertiary/aromatic N) is 1. The second kappa shape index (κ2) is 5.65. The van der Waals surface area contributed by atoms with Gasteiger partial charge in [0.2, 0.25) is 6.41 Å². The van der Waals surface area contributed by atoms with Gasteiger partial charge >= 0.3 is 5.97 Å². The molecule has 1 N–H and O–H groups in total. The number of carboxylic acids is 1. The number of aliphatic carboxylic acids is 1. The van der Waals surface area contributed by atoms with E-state index in [0.29, 0.717) is 12.8 Å². The van der Waals surface area contributed by atoms with Crippen LogP contribution in [0.1, 0.15) is 44.2 Å². The van der Waals surface area contributed by atoms with E-state index in [2.05, 4.69) is 0 Å². The smallest absolute Gasteiger partial charge is 0.334 e. The molecule has 1 amide bonds. The van der Waals surface area contributed by atoms with Crippen molar-refractivity contribution in [3.05, 3.63) is 35.4 Å². The number of hydrogen-bond acceptors (Lipinski definition) is 2. The average molecular weight is 275 g/mol. The summed E-state index contributed by atoms with van der Waals surface area (Å²) in [5.41, 5.74) is 0.578. The average Bonchev–Trinajstić information content (AvgIpc) is 2.60. The van der Waals surface area contributed by atoms with Crippen LogP contribution in [0.15, 0.2) is 24.3 Å². The maximum atomic E-state index is 12.1. The van der Waals surface area contributed by atoms with Crippen molar-refractivity contribution in [2.75, 3.05) is 0 Å². The molecule has 0 bridgehead atoms. The molecule has 0 spiro atoms. The highest BCUT2D eigenvalue weighted by Gasteiger charge is 2.48. The van der Waals surface area contributed by atoms with Gasteiger partial charge in [0.1, 0.15) is 0 Å². The third-order valence-corrected chi connectivity index (χ3v) is 4.16. The summed E-state index contributed by atoms with van der Waals surface area (Å²) in [6, 6.07) is 7.45. The monoisotopic (exact) mass is 275 g/mol. The Morgan fingerprint density at radius 2 is 2.05 bits per heavy atom. The molecule has 0 saturated heterocycles. The van der Waals surface area contributed by atoms with Crippen LogP contribution in [0.3, 0.4) is 0 Å². The molecule has 0 aliphatic heterocycles. The number of benzene rings is 1. The summed E-state index contributed by atoms with van der Waals surface area (Å²) in [6.45, 7) is 3.71. The summed E-state index contributed by atoms with van der Waals surface area (Å²) in [5.74, 6) is -0.937. The van der Waals surface area contributed by atoms with Crippen molar-refractivity contribution < 1.29 is 14.7 Å². The van der Waals surface area contributed by atoms with Crippen molar-refractivity contribution in [1.82, 2.24) is 4.90 Å². The van der Waals surface area contributed by atoms with Gasteiger partial charge < -0.3 is 10.0 Å². The highest BCUT2D eigenvalue weighted by Crippen LogP contribution is 2.39. The first-order chi connectivity index (χ1) is 9.54. The minimum atomic E-state index is -1.23. The Morgan fingerprint density at radius 3 is 2.65 bits per heavy atom. The summed E-state index contributed by atoms with van der Waals surface area (Å²) in [7, 11) is 0. The lowest BCUT2D eigenvalue weighted by Gasteiger charge is -2.41. The summed E-state index contributed by atoms with van der Waals surface area (Å²) in [5, 5.41) is 9.91. The predicted octanol–water partition coefficient (Wildman–Crippen LogP) is 2.56. The van der Waals surface area contributed by atoms with Crippen molar-refractivity contribution in [2.24, 2.45) is 0 Å². The molecule has 1 aliphatic carbocycles. The van der Waals surface area contributed by atoms with E-state index in [1.807, 2.05) is 38.1 Å². The number of carbonyl (C=O) groups is 2. The molecule has 0 radical (unpaired) electrons. The third-order valence-electron chi connectivity index (χ3n) is 4.16. The van der Waals surface area contributed by atoms with Gasteiger partial charge in [-0.15, -0.1) is 0 Å². The first-order valence-electron chi connectivity index (χ1n) is 7.09. The van der Waals surface area contributed by atoms with Crippen molar-refractivity contribution in [3.63, 3.8) is 0 Å². The van der Waals surface area contributed by atoms with Gasteiger partial charge in [0.25, 0.3) is 0 Å². The van der Waals surface area contributed by atoms with E-state index >= 15 is 0 Å². The molecule has 0 saturated carbocycles. The minimum Gasteiger partial charge on any atom is -0.479 e. The quantitative estimate of drug-likeness (QED) is 0.678. The van der Waals surface area contributed by atoms with Gasteiger partial charge in [-0.1, -0.05) is 24.3 Å². The number of carboxylic acid groups (broad SMARTS) is 1. The van der Waals surface area contributed by atoms with Crippen LogP contribution in [0.2, 0.25) is 0 Å². The van der Waals surface area contributed by atoms with Crippen molar-refractivity contribution in [3.8, 4) is 0 Å². The summed E-state index contributed by atoms with van der Waals surface area (Å²) in [6.07, 6.45) is 3.78. The fourth-order valence-corrected chi connectivity index (χ4v) is 3.23. The van der Waals surface area contributed by atoms with Crippen LogP contribution in [0.4, 0.5) is 0 Å². The van der Waals surface area contributed by atoms with Crippen LogP contribution in [0, 0.1) is 0 Å². The molecule has 108 valence electrons. The minimum absolute atomic E-state index is 0.158. The van der Waals surface area contributed by atoms with Crippen LogP contribution in [-0.4, -0.2) is 28.4 Å². The number of rotatable bonds is 4. The molecular weight excluding hydrogens is 254 g/mol. The van der Waals surface area contributed by atoms with Crippen LogP contribution < -0.4 is 0 Å². The molecule has 1 atom stereocenters. The molecule has 0 aromatic heterocycles. The molecule has 1 unspecified atom stereocenters. The standard InChI is InChI=1S/C16H21NO3/c1-12(2)17(11-18)16(15(19)20)10-6-5-8-13-7-3-4-9-14(13)16/h3-4,7,9,11-12H,5-6,8,10H2,1-2H3,(H,19,20). The van der Waals surface area contributed by atoms with Gasteiger partial charge in [-0.3, -0.25) is 4.79 Å². The number of amides is 1. The number of aryl methyl sites for hydroxylation is 1. The molecule has 1 aromatic carbocycles. The number of fused-ring (bicyclic) bond motifs is 1. The largest absolute Gasteiger partial charge is 0.479 e. The van der Waals surface area contributed by atoms with E-state index in [1.54, 1.807) is 0 Å². The Labute approximate surface area is 119 Å². The van der Waals surface area contributed by atoms with Crippen molar-refractivity contribution >= 4 is 12.4 Å². The lowest BCUT2D eigenvalue weighted by molar-refractivity contribution is -0.158. The number of hydrogen-bond donors (Lipinski definition) is 1. The Kier molecular flexibility index (Phi) is 4.12. The van der Waals surface area contributed by atoms with E-state index in [9.17, 15) is 14.7 Å². The molecular formula is C16H21NO3. The van der Waals surface area contributed by atoms with Gasteiger partial charge in [0.05, 0.1) is 0 Å². The molecule has 0 heterocycles. The second-order valence-corrected chi connectivity index (χ2v) is 5.64. The number of carbonyl (C=O) groups excluding carboxylic acids is 1. The van der Waals surface area contributed by atoms with Crippen LogP contribution >= 0.6 is 0 Å². The Hall–Kier alpha value is -1.84. The predicted molar refractivity (Wildman–Crippen MR) is 76.3 cm³/mol. The summed E-state index contributed by atoms with van der Waals surface area (Å²) < 4.78 is 0. The van der Waals surface area contributed by atoms with Gasteiger partial charge in [-0.25, -0.2) is 4.79 Å². The van der Waals surface area contributed by atoms with Gasteiger partial charge in [0, 0.05) is 6.04 Å². The molecule has 1 aliphatic rings. The van der Waals surface area contributed by atoms with Gasteiger partial charge in [-0.05, 0) is 50.7 Å². The Bertz CT molecular complexity index is 512. The zero-order valence-electron chi connectivity index (χ0n) is 12.0. The maximum absolute atomic E-state index is 12.1. The van der Waals surface area contributed by atoms with Crippen LogP contribution in [0.5, 0.6) is 0 Å².